The van der Waals surface area contributed by atoms with Crippen LogP contribution in [0.1, 0.15) is 31.1 Å². The molecule has 8 nitrogen and oxygen atoms in total. The van der Waals surface area contributed by atoms with E-state index < -0.39 is 11.7 Å². The normalized spacial score (nSPS) is 11.0. The number of pyridine rings is 1. The summed E-state index contributed by atoms with van der Waals surface area (Å²) in [7, 11) is 0. The number of rotatable bonds is 4. The van der Waals surface area contributed by atoms with Crippen LogP contribution in [-0.4, -0.2) is 32.8 Å². The van der Waals surface area contributed by atoms with Crippen molar-refractivity contribution < 1.29 is 14.3 Å². The van der Waals surface area contributed by atoms with Crippen LogP contribution < -0.4 is 10.6 Å². The Labute approximate surface area is 166 Å². The summed E-state index contributed by atoms with van der Waals surface area (Å²) < 4.78 is 5.19. The minimum Gasteiger partial charge on any atom is -0.444 e. The number of carbonyl (C=O) groups is 2. The van der Waals surface area contributed by atoms with Gasteiger partial charge in [0.25, 0.3) is 5.91 Å². The van der Waals surface area contributed by atoms with Crippen LogP contribution in [0.3, 0.4) is 0 Å². The molecule has 0 aliphatic carbocycles. The Morgan fingerprint density at radius 1 is 1.00 bits per heavy atom. The van der Waals surface area contributed by atoms with Crippen LogP contribution in [0.4, 0.5) is 15.6 Å². The maximum atomic E-state index is 12.4. The summed E-state index contributed by atoms with van der Waals surface area (Å²) in [5.41, 5.74) is 1.06. The van der Waals surface area contributed by atoms with Crippen molar-refractivity contribution in [2.45, 2.75) is 26.4 Å². The lowest BCUT2D eigenvalue weighted by Gasteiger charge is -2.19. The molecule has 0 saturated carbocycles. The zero-order valence-electron chi connectivity index (χ0n) is 15.6. The molecule has 3 rings (SSSR count). The molecule has 0 bridgehead atoms. The molecular weight excluding hydrogens is 378 g/mol. The summed E-state index contributed by atoms with van der Waals surface area (Å²) in [6, 6.07) is 11.9. The van der Waals surface area contributed by atoms with E-state index >= 15 is 0 Å². The summed E-state index contributed by atoms with van der Waals surface area (Å²) in [6.45, 7) is 5.35. The van der Waals surface area contributed by atoms with Gasteiger partial charge in [0.2, 0.25) is 5.13 Å². The van der Waals surface area contributed by atoms with E-state index in [1.807, 2.05) is 18.2 Å². The number of hydrogen-bond acceptors (Lipinski definition) is 7. The number of benzene rings is 1. The number of carbonyl (C=O) groups excluding carboxylic acids is 2. The van der Waals surface area contributed by atoms with Crippen molar-refractivity contribution in [3.8, 4) is 10.7 Å². The third-order valence-corrected chi connectivity index (χ3v) is 4.18. The molecule has 2 amide bonds. The first-order valence-corrected chi connectivity index (χ1v) is 9.28. The summed E-state index contributed by atoms with van der Waals surface area (Å²) in [6.07, 6.45) is 1.11. The predicted molar refractivity (Wildman–Crippen MR) is 107 cm³/mol. The number of hydrogen-bond donors (Lipinski definition) is 2. The fraction of sp³-hybridized carbons (Fsp3) is 0.211. The largest absolute Gasteiger partial charge is 0.444 e. The Kier molecular flexibility index (Phi) is 5.65. The zero-order valence-corrected chi connectivity index (χ0v) is 16.4. The van der Waals surface area contributed by atoms with Crippen LogP contribution in [0.25, 0.3) is 10.7 Å². The first-order valence-electron chi connectivity index (χ1n) is 8.46. The standard InChI is InChI=1S/C19H19N5O3S/c1-19(2,3)27-18(26)21-13-9-7-12(8-10-13)15(25)22-17-24-23-16(28-17)14-6-4-5-11-20-14/h4-11H,1-3H3,(H,21,26)(H,22,24,25). The van der Waals surface area contributed by atoms with Crippen molar-refractivity contribution in [3.05, 3.63) is 54.2 Å². The molecule has 0 atom stereocenters. The summed E-state index contributed by atoms with van der Waals surface area (Å²) in [4.78, 5) is 28.4. The van der Waals surface area contributed by atoms with Gasteiger partial charge < -0.3 is 4.74 Å². The lowest BCUT2D eigenvalue weighted by Crippen LogP contribution is -2.27. The van der Waals surface area contributed by atoms with Crippen LogP contribution >= 0.6 is 11.3 Å². The topological polar surface area (TPSA) is 106 Å². The minimum atomic E-state index is -0.584. The summed E-state index contributed by atoms with van der Waals surface area (Å²) in [5, 5.41) is 14.3. The van der Waals surface area contributed by atoms with Gasteiger partial charge in [0.15, 0.2) is 5.01 Å². The van der Waals surface area contributed by atoms with Crippen LogP contribution in [0.5, 0.6) is 0 Å². The monoisotopic (exact) mass is 397 g/mol. The van der Waals surface area contributed by atoms with Crippen LogP contribution in [0.2, 0.25) is 0 Å². The first-order chi connectivity index (χ1) is 13.3. The van der Waals surface area contributed by atoms with Crippen LogP contribution in [-0.2, 0) is 4.74 Å². The van der Waals surface area contributed by atoms with Crippen molar-refractivity contribution in [2.24, 2.45) is 0 Å². The minimum absolute atomic E-state index is 0.326. The lowest BCUT2D eigenvalue weighted by atomic mass is 10.2. The van der Waals surface area contributed by atoms with Gasteiger partial charge >= 0.3 is 6.09 Å². The van der Waals surface area contributed by atoms with Crippen LogP contribution in [0, 0.1) is 0 Å². The number of aromatic nitrogens is 3. The average Bonchev–Trinajstić information content (AvgIpc) is 3.10. The third-order valence-electron chi connectivity index (χ3n) is 3.32. The number of anilines is 2. The van der Waals surface area contributed by atoms with Gasteiger partial charge in [-0.25, -0.2) is 4.79 Å². The molecule has 0 fully saturated rings. The van der Waals surface area contributed by atoms with E-state index in [1.165, 1.54) is 11.3 Å². The SMILES string of the molecule is CC(C)(C)OC(=O)Nc1ccc(C(=O)Nc2nnc(-c3ccccn3)s2)cc1. The maximum absolute atomic E-state index is 12.4. The van der Waals surface area contributed by atoms with Crippen LogP contribution in [0.15, 0.2) is 48.7 Å². The summed E-state index contributed by atoms with van der Waals surface area (Å²) >= 11 is 1.24. The number of amides is 2. The zero-order chi connectivity index (χ0) is 20.1. The van der Waals surface area contributed by atoms with Gasteiger partial charge in [-0.15, -0.1) is 10.2 Å². The smallest absolute Gasteiger partial charge is 0.412 e. The van der Waals surface area contributed by atoms with E-state index in [9.17, 15) is 9.59 Å². The molecular formula is C19H19N5O3S. The fourth-order valence-corrected chi connectivity index (χ4v) is 2.88. The Morgan fingerprint density at radius 3 is 2.39 bits per heavy atom. The average molecular weight is 397 g/mol. The Balaban J connectivity index is 1.61. The number of nitrogens with zero attached hydrogens (tertiary/aromatic N) is 3. The molecule has 2 heterocycles. The van der Waals surface area contributed by atoms with E-state index in [0.717, 1.165) is 0 Å². The number of nitrogens with one attached hydrogen (secondary N) is 2. The van der Waals surface area contributed by atoms with Gasteiger partial charge in [0, 0.05) is 17.4 Å². The molecule has 2 N–H and O–H groups in total. The third kappa shape index (κ3) is 5.34. The highest BCUT2D eigenvalue weighted by molar-refractivity contribution is 7.18. The molecule has 0 aliphatic rings. The fourth-order valence-electron chi connectivity index (χ4n) is 2.16. The number of ether oxygens (including phenoxy) is 1. The van der Waals surface area contributed by atoms with Gasteiger partial charge in [0.05, 0.1) is 0 Å². The molecule has 2 aromatic heterocycles. The first kappa shape index (κ1) is 19.4. The molecule has 0 saturated heterocycles. The molecule has 144 valence electrons. The highest BCUT2D eigenvalue weighted by atomic mass is 32.1. The Hall–Kier alpha value is -3.33. The van der Waals surface area contributed by atoms with Gasteiger partial charge in [-0.3, -0.25) is 20.4 Å². The second-order valence-corrected chi connectivity index (χ2v) is 7.76. The van der Waals surface area contributed by atoms with E-state index in [-0.39, 0.29) is 5.91 Å². The van der Waals surface area contributed by atoms with Crippen molar-refractivity contribution in [1.29, 1.82) is 0 Å². The van der Waals surface area contributed by atoms with Gasteiger partial charge in [-0.05, 0) is 57.2 Å². The molecule has 0 unspecified atom stereocenters. The van der Waals surface area contributed by atoms with Crippen molar-refractivity contribution in [1.82, 2.24) is 15.2 Å². The van der Waals surface area contributed by atoms with E-state index in [1.54, 1.807) is 51.2 Å². The van der Waals surface area contributed by atoms with Gasteiger partial charge in [-0.1, -0.05) is 17.4 Å². The highest BCUT2D eigenvalue weighted by Gasteiger charge is 2.16. The lowest BCUT2D eigenvalue weighted by molar-refractivity contribution is 0.0636. The molecule has 0 aliphatic heterocycles. The molecule has 28 heavy (non-hydrogen) atoms. The maximum Gasteiger partial charge on any atom is 0.412 e. The second kappa shape index (κ2) is 8.13. The Bertz CT molecular complexity index is 965. The summed E-state index contributed by atoms with van der Waals surface area (Å²) in [5.74, 6) is -0.326. The van der Waals surface area contributed by atoms with Crippen molar-refractivity contribution >= 4 is 34.2 Å². The predicted octanol–water partition coefficient (Wildman–Crippen LogP) is 4.20. The van der Waals surface area contributed by atoms with Gasteiger partial charge in [0.1, 0.15) is 11.3 Å². The molecule has 3 aromatic rings. The van der Waals surface area contributed by atoms with Crippen molar-refractivity contribution in [2.75, 3.05) is 10.6 Å². The van der Waals surface area contributed by atoms with E-state index in [2.05, 4.69) is 25.8 Å². The van der Waals surface area contributed by atoms with Gasteiger partial charge in [-0.2, -0.15) is 0 Å². The molecule has 1 aromatic carbocycles. The van der Waals surface area contributed by atoms with E-state index in [4.69, 9.17) is 4.74 Å². The highest BCUT2D eigenvalue weighted by Crippen LogP contribution is 2.24. The molecule has 0 radical (unpaired) electrons. The Morgan fingerprint density at radius 2 is 1.75 bits per heavy atom. The molecule has 0 spiro atoms. The molecule has 9 heteroatoms. The van der Waals surface area contributed by atoms with E-state index in [0.29, 0.717) is 27.1 Å². The second-order valence-electron chi connectivity index (χ2n) is 6.79. The van der Waals surface area contributed by atoms with Crippen molar-refractivity contribution in [3.63, 3.8) is 0 Å². The quantitative estimate of drug-likeness (QED) is 0.683.